The van der Waals surface area contributed by atoms with E-state index in [0.29, 0.717) is 11.7 Å². The Morgan fingerprint density at radius 3 is 2.78 bits per heavy atom. The quantitative estimate of drug-likeness (QED) is 0.856. The molecule has 1 aliphatic carbocycles. The van der Waals surface area contributed by atoms with E-state index in [-0.39, 0.29) is 0 Å². The topological polar surface area (TPSA) is 23.5 Å². The van der Waals surface area contributed by atoms with E-state index in [4.69, 9.17) is 0 Å². The number of hydrogen-bond donors (Lipinski definition) is 1. The van der Waals surface area contributed by atoms with E-state index in [1.807, 2.05) is 12.1 Å². The van der Waals surface area contributed by atoms with E-state index in [1.165, 1.54) is 36.0 Å². The monoisotopic (exact) mass is 309 g/mol. The molecule has 0 saturated carbocycles. The van der Waals surface area contributed by atoms with E-state index in [2.05, 4.69) is 48.3 Å². The standard InChI is InChI=1S/C21H27NO/c1-22(14-6-9-17-7-3-2-4-8-17)16-19-11-5-10-18-15-20(23)12-13-21(18)19/h2-4,7-8,12-13,15,19,23H,5-6,9-11,14,16H2,1H3. The van der Waals surface area contributed by atoms with Gasteiger partial charge in [0.15, 0.2) is 0 Å². The van der Waals surface area contributed by atoms with Crippen molar-refractivity contribution in [2.24, 2.45) is 0 Å². The first-order valence-electron chi connectivity index (χ1n) is 8.76. The summed E-state index contributed by atoms with van der Waals surface area (Å²) in [5.74, 6) is 1.02. The molecule has 0 saturated heterocycles. The molecule has 0 heterocycles. The first-order valence-corrected chi connectivity index (χ1v) is 8.76. The Kier molecular flexibility index (Phi) is 5.35. The zero-order valence-corrected chi connectivity index (χ0v) is 14.0. The molecule has 2 aromatic rings. The van der Waals surface area contributed by atoms with Crippen LogP contribution in [0.1, 0.15) is 41.9 Å². The van der Waals surface area contributed by atoms with Crippen molar-refractivity contribution in [1.82, 2.24) is 4.90 Å². The minimum absolute atomic E-state index is 0.403. The molecule has 1 unspecified atom stereocenters. The van der Waals surface area contributed by atoms with Crippen LogP contribution in [0.25, 0.3) is 0 Å². The number of likely N-dealkylation sites (N-methyl/N-ethyl adjacent to an activating group) is 1. The highest BCUT2D eigenvalue weighted by molar-refractivity contribution is 5.38. The SMILES string of the molecule is CN(CCCc1ccccc1)CC1CCCc2cc(O)ccc21. The van der Waals surface area contributed by atoms with Crippen molar-refractivity contribution in [2.45, 2.75) is 38.0 Å². The van der Waals surface area contributed by atoms with Gasteiger partial charge in [-0.1, -0.05) is 36.4 Å². The highest BCUT2D eigenvalue weighted by Crippen LogP contribution is 2.33. The second-order valence-electron chi connectivity index (χ2n) is 6.82. The number of benzene rings is 2. The fourth-order valence-corrected chi connectivity index (χ4v) is 3.76. The minimum Gasteiger partial charge on any atom is -0.508 e. The third-order valence-corrected chi connectivity index (χ3v) is 4.95. The lowest BCUT2D eigenvalue weighted by Crippen LogP contribution is -2.28. The highest BCUT2D eigenvalue weighted by atomic mass is 16.3. The van der Waals surface area contributed by atoms with Gasteiger partial charge >= 0.3 is 0 Å². The van der Waals surface area contributed by atoms with E-state index in [1.54, 1.807) is 0 Å². The van der Waals surface area contributed by atoms with E-state index in [0.717, 1.165) is 25.9 Å². The molecule has 1 N–H and O–H groups in total. The fraction of sp³-hybridized carbons (Fsp3) is 0.429. The molecule has 1 aliphatic rings. The van der Waals surface area contributed by atoms with Crippen LogP contribution in [0.4, 0.5) is 0 Å². The average Bonchev–Trinajstić information content (AvgIpc) is 2.56. The summed E-state index contributed by atoms with van der Waals surface area (Å²) in [7, 11) is 2.24. The number of aromatic hydroxyl groups is 1. The number of nitrogens with zero attached hydrogens (tertiary/aromatic N) is 1. The zero-order valence-electron chi connectivity index (χ0n) is 14.0. The van der Waals surface area contributed by atoms with Crippen molar-refractivity contribution in [1.29, 1.82) is 0 Å². The van der Waals surface area contributed by atoms with Crippen LogP contribution in [0.3, 0.4) is 0 Å². The van der Waals surface area contributed by atoms with Crippen LogP contribution in [0.2, 0.25) is 0 Å². The average molecular weight is 309 g/mol. The Bertz CT molecular complexity index is 623. The molecule has 3 rings (SSSR count). The van der Waals surface area contributed by atoms with Gasteiger partial charge in [-0.2, -0.15) is 0 Å². The Morgan fingerprint density at radius 1 is 1.13 bits per heavy atom. The number of aryl methyl sites for hydroxylation is 2. The number of rotatable bonds is 6. The van der Waals surface area contributed by atoms with Crippen molar-refractivity contribution in [2.75, 3.05) is 20.1 Å². The van der Waals surface area contributed by atoms with Crippen LogP contribution in [0.5, 0.6) is 5.75 Å². The molecule has 1 atom stereocenters. The Balaban J connectivity index is 1.52. The van der Waals surface area contributed by atoms with Gasteiger partial charge in [0, 0.05) is 6.54 Å². The summed E-state index contributed by atoms with van der Waals surface area (Å²) in [5, 5.41) is 9.67. The summed E-state index contributed by atoms with van der Waals surface area (Å²) in [6.07, 6.45) is 5.97. The summed E-state index contributed by atoms with van der Waals surface area (Å²) >= 11 is 0. The lowest BCUT2D eigenvalue weighted by Gasteiger charge is -2.29. The third kappa shape index (κ3) is 4.35. The molecular formula is C21H27NO. The van der Waals surface area contributed by atoms with Gasteiger partial charge in [-0.05, 0) is 80.4 Å². The highest BCUT2D eigenvalue weighted by Gasteiger charge is 2.21. The van der Waals surface area contributed by atoms with E-state index in [9.17, 15) is 5.11 Å². The van der Waals surface area contributed by atoms with E-state index >= 15 is 0 Å². The number of phenols is 1. The second kappa shape index (κ2) is 7.65. The number of hydrogen-bond acceptors (Lipinski definition) is 2. The molecule has 0 amide bonds. The lowest BCUT2D eigenvalue weighted by molar-refractivity contribution is 0.294. The summed E-state index contributed by atoms with van der Waals surface area (Å²) in [6.45, 7) is 2.26. The summed E-state index contributed by atoms with van der Waals surface area (Å²) in [6, 6.07) is 16.7. The van der Waals surface area contributed by atoms with Crippen LogP contribution in [0.15, 0.2) is 48.5 Å². The Morgan fingerprint density at radius 2 is 1.96 bits per heavy atom. The molecule has 0 radical (unpaired) electrons. The molecule has 0 fully saturated rings. The molecule has 2 nitrogen and oxygen atoms in total. The lowest BCUT2D eigenvalue weighted by atomic mass is 9.82. The molecule has 0 aliphatic heterocycles. The van der Waals surface area contributed by atoms with Crippen molar-refractivity contribution >= 4 is 0 Å². The maximum atomic E-state index is 9.67. The first kappa shape index (κ1) is 16.1. The third-order valence-electron chi connectivity index (χ3n) is 4.95. The molecule has 0 aromatic heterocycles. The summed E-state index contributed by atoms with van der Waals surface area (Å²) < 4.78 is 0. The van der Waals surface area contributed by atoms with E-state index < -0.39 is 0 Å². The van der Waals surface area contributed by atoms with Gasteiger partial charge in [-0.15, -0.1) is 0 Å². The summed E-state index contributed by atoms with van der Waals surface area (Å²) in [5.41, 5.74) is 4.22. The van der Waals surface area contributed by atoms with Crippen LogP contribution in [0, 0.1) is 0 Å². The maximum absolute atomic E-state index is 9.67. The van der Waals surface area contributed by atoms with Crippen LogP contribution in [-0.2, 0) is 12.8 Å². The van der Waals surface area contributed by atoms with Crippen LogP contribution in [-0.4, -0.2) is 30.1 Å². The molecule has 122 valence electrons. The normalized spacial score (nSPS) is 17.2. The van der Waals surface area contributed by atoms with Crippen molar-refractivity contribution in [3.63, 3.8) is 0 Å². The van der Waals surface area contributed by atoms with Gasteiger partial charge < -0.3 is 10.0 Å². The molecule has 0 spiro atoms. The second-order valence-corrected chi connectivity index (χ2v) is 6.82. The predicted molar refractivity (Wildman–Crippen MR) is 96.0 cm³/mol. The van der Waals surface area contributed by atoms with Crippen LogP contribution < -0.4 is 0 Å². The predicted octanol–water partition coefficient (Wildman–Crippen LogP) is 4.38. The van der Waals surface area contributed by atoms with Gasteiger partial charge in [-0.3, -0.25) is 0 Å². The van der Waals surface area contributed by atoms with Crippen molar-refractivity contribution < 1.29 is 5.11 Å². The van der Waals surface area contributed by atoms with Gasteiger partial charge in [-0.25, -0.2) is 0 Å². The Labute approximate surface area is 139 Å². The van der Waals surface area contributed by atoms with Crippen LogP contribution >= 0.6 is 0 Å². The van der Waals surface area contributed by atoms with Gasteiger partial charge in [0.1, 0.15) is 5.75 Å². The molecule has 23 heavy (non-hydrogen) atoms. The smallest absolute Gasteiger partial charge is 0.115 e. The number of fused-ring (bicyclic) bond motifs is 1. The van der Waals surface area contributed by atoms with Crippen molar-refractivity contribution in [3.8, 4) is 5.75 Å². The molecular weight excluding hydrogens is 282 g/mol. The first-order chi connectivity index (χ1) is 11.2. The van der Waals surface area contributed by atoms with Crippen molar-refractivity contribution in [3.05, 3.63) is 65.2 Å². The number of phenolic OH excluding ortho intramolecular Hbond substituents is 1. The minimum atomic E-state index is 0.403. The van der Waals surface area contributed by atoms with Gasteiger partial charge in [0.2, 0.25) is 0 Å². The van der Waals surface area contributed by atoms with Gasteiger partial charge in [0.05, 0.1) is 0 Å². The Hall–Kier alpha value is -1.80. The zero-order chi connectivity index (χ0) is 16.1. The summed E-state index contributed by atoms with van der Waals surface area (Å²) in [4.78, 5) is 2.47. The molecule has 2 heteroatoms. The maximum Gasteiger partial charge on any atom is 0.115 e. The molecule has 2 aromatic carbocycles. The molecule has 0 bridgehead atoms. The van der Waals surface area contributed by atoms with Gasteiger partial charge in [0.25, 0.3) is 0 Å². The fourth-order valence-electron chi connectivity index (χ4n) is 3.76. The largest absolute Gasteiger partial charge is 0.508 e.